The van der Waals surface area contributed by atoms with E-state index >= 15 is 0 Å². The normalized spacial score (nSPS) is 20.0. The molecule has 2 aromatic carbocycles. The molecule has 134 valence electrons. The van der Waals surface area contributed by atoms with Crippen molar-refractivity contribution < 1.29 is 9.63 Å². The van der Waals surface area contributed by atoms with Crippen molar-refractivity contribution in [3.8, 4) is 0 Å². The molecule has 1 amide bonds. The predicted molar refractivity (Wildman–Crippen MR) is 102 cm³/mol. The first kappa shape index (κ1) is 16.6. The minimum absolute atomic E-state index is 0.0104. The molecule has 5 heteroatoms. The van der Waals surface area contributed by atoms with E-state index in [0.29, 0.717) is 12.3 Å². The van der Waals surface area contributed by atoms with Crippen molar-refractivity contribution in [3.05, 3.63) is 65.7 Å². The molecule has 0 fully saturated rings. The van der Waals surface area contributed by atoms with Gasteiger partial charge in [0.2, 0.25) is 0 Å². The highest BCUT2D eigenvalue weighted by molar-refractivity contribution is 6.02. The van der Waals surface area contributed by atoms with Crippen LogP contribution < -0.4 is 10.2 Å². The number of oxime groups is 1. The van der Waals surface area contributed by atoms with Crippen LogP contribution in [0.1, 0.15) is 36.9 Å². The molecule has 2 aliphatic heterocycles. The molecule has 0 aliphatic carbocycles. The number of para-hydroxylation sites is 1. The highest BCUT2D eigenvalue weighted by Crippen LogP contribution is 2.34. The first-order valence-corrected chi connectivity index (χ1v) is 9.15. The Labute approximate surface area is 153 Å². The molecular formula is C21H23N3O2. The number of nitrogens with one attached hydrogen (secondary N) is 1. The summed E-state index contributed by atoms with van der Waals surface area (Å²) in [7, 11) is 0. The maximum Gasteiger partial charge on any atom is 0.252 e. The van der Waals surface area contributed by atoms with Crippen molar-refractivity contribution in [2.45, 2.75) is 38.3 Å². The number of aryl methyl sites for hydroxylation is 1. The molecule has 2 unspecified atom stereocenters. The van der Waals surface area contributed by atoms with Gasteiger partial charge in [0, 0.05) is 18.7 Å². The Balaban J connectivity index is 1.67. The van der Waals surface area contributed by atoms with Crippen LogP contribution in [0.5, 0.6) is 0 Å². The zero-order valence-electron chi connectivity index (χ0n) is 14.9. The van der Waals surface area contributed by atoms with Crippen molar-refractivity contribution in [1.82, 2.24) is 5.32 Å². The number of hydrogen-bond acceptors (Lipinski definition) is 4. The van der Waals surface area contributed by atoms with Crippen molar-refractivity contribution in [2.24, 2.45) is 5.16 Å². The number of fused-ring (bicyclic) bond motifs is 1. The third-order valence-corrected chi connectivity index (χ3v) is 4.91. The molecule has 2 atom stereocenters. The summed E-state index contributed by atoms with van der Waals surface area (Å²) < 4.78 is 0. The van der Waals surface area contributed by atoms with E-state index in [2.05, 4.69) is 33.6 Å². The van der Waals surface area contributed by atoms with Crippen LogP contribution in [0, 0.1) is 0 Å². The lowest BCUT2D eigenvalue weighted by molar-refractivity contribution is -0.121. The number of benzene rings is 2. The summed E-state index contributed by atoms with van der Waals surface area (Å²) >= 11 is 0. The zero-order valence-corrected chi connectivity index (χ0v) is 14.9. The van der Waals surface area contributed by atoms with Gasteiger partial charge >= 0.3 is 0 Å². The van der Waals surface area contributed by atoms with Crippen LogP contribution in [0.15, 0.2) is 59.8 Å². The van der Waals surface area contributed by atoms with Gasteiger partial charge in [-0.25, -0.2) is 0 Å². The number of rotatable bonds is 3. The van der Waals surface area contributed by atoms with Crippen molar-refractivity contribution >= 4 is 17.4 Å². The number of carbonyl (C=O) groups excluding carboxylic acids is 1. The quantitative estimate of drug-likeness (QED) is 0.924. The van der Waals surface area contributed by atoms with Crippen molar-refractivity contribution in [2.75, 3.05) is 11.4 Å². The summed E-state index contributed by atoms with van der Waals surface area (Å²) in [4.78, 5) is 20.7. The van der Waals surface area contributed by atoms with Crippen molar-refractivity contribution in [3.63, 3.8) is 0 Å². The van der Waals surface area contributed by atoms with Gasteiger partial charge in [0.05, 0.1) is 0 Å². The number of nitrogens with zero attached hydrogens (tertiary/aromatic N) is 2. The highest BCUT2D eigenvalue weighted by Gasteiger charge is 2.32. The Hall–Kier alpha value is -2.82. The van der Waals surface area contributed by atoms with Gasteiger partial charge in [0.15, 0.2) is 5.84 Å². The van der Waals surface area contributed by atoms with E-state index in [0.717, 1.165) is 30.6 Å². The van der Waals surface area contributed by atoms with Gasteiger partial charge in [0.25, 0.3) is 5.91 Å². The first-order valence-electron chi connectivity index (χ1n) is 9.15. The molecule has 0 saturated heterocycles. The van der Waals surface area contributed by atoms with Gasteiger partial charge < -0.3 is 15.1 Å². The average molecular weight is 349 g/mol. The number of hydrogen-bond donors (Lipinski definition) is 1. The Morgan fingerprint density at radius 2 is 1.96 bits per heavy atom. The molecule has 2 heterocycles. The van der Waals surface area contributed by atoms with Gasteiger partial charge in [-0.3, -0.25) is 4.79 Å². The fourth-order valence-electron chi connectivity index (χ4n) is 3.72. The number of amidine groups is 1. The maximum atomic E-state index is 13.2. The lowest BCUT2D eigenvalue weighted by Gasteiger charge is -2.37. The highest BCUT2D eigenvalue weighted by atomic mass is 16.6. The van der Waals surface area contributed by atoms with Crippen LogP contribution in [0.4, 0.5) is 5.69 Å². The van der Waals surface area contributed by atoms with E-state index in [9.17, 15) is 4.79 Å². The van der Waals surface area contributed by atoms with E-state index in [4.69, 9.17) is 4.84 Å². The topological polar surface area (TPSA) is 53.9 Å². The Morgan fingerprint density at radius 3 is 2.73 bits per heavy atom. The largest absolute Gasteiger partial charge is 0.391 e. The molecule has 0 aromatic heterocycles. The van der Waals surface area contributed by atoms with Crippen LogP contribution in [-0.2, 0) is 16.1 Å². The minimum Gasteiger partial charge on any atom is -0.391 e. The van der Waals surface area contributed by atoms with Crippen molar-refractivity contribution in [1.29, 1.82) is 0 Å². The molecule has 1 N–H and O–H groups in total. The number of anilines is 1. The second-order valence-corrected chi connectivity index (χ2v) is 6.89. The third-order valence-electron chi connectivity index (χ3n) is 4.91. The second-order valence-electron chi connectivity index (χ2n) is 6.89. The van der Waals surface area contributed by atoms with Gasteiger partial charge in [-0.1, -0.05) is 53.7 Å². The molecule has 0 spiro atoms. The summed E-state index contributed by atoms with van der Waals surface area (Å²) in [5.74, 6) is 0.540. The molecule has 0 saturated carbocycles. The molecule has 26 heavy (non-hydrogen) atoms. The lowest BCUT2D eigenvalue weighted by atomic mass is 9.96. The van der Waals surface area contributed by atoms with E-state index in [1.807, 2.05) is 43.3 Å². The third kappa shape index (κ3) is 3.29. The molecule has 2 aliphatic rings. The predicted octanol–water partition coefficient (Wildman–Crippen LogP) is 3.42. The SMILES string of the molecule is CC1CC(NC(=O)C(c2ccccc2)N2CCCc3ccccc32)=NO1. The van der Waals surface area contributed by atoms with Gasteiger partial charge in [0.1, 0.15) is 12.1 Å². The second kappa shape index (κ2) is 7.20. The van der Waals surface area contributed by atoms with E-state index in [1.54, 1.807) is 0 Å². The first-order chi connectivity index (χ1) is 12.7. The zero-order chi connectivity index (χ0) is 17.9. The molecular weight excluding hydrogens is 326 g/mol. The van der Waals surface area contributed by atoms with Gasteiger partial charge in [-0.05, 0) is 37.0 Å². The van der Waals surface area contributed by atoms with E-state index in [1.165, 1.54) is 5.56 Å². The summed E-state index contributed by atoms with van der Waals surface area (Å²) in [6.07, 6.45) is 2.73. The monoisotopic (exact) mass is 349 g/mol. The Morgan fingerprint density at radius 1 is 1.19 bits per heavy atom. The summed E-state index contributed by atoms with van der Waals surface area (Å²) in [6.45, 7) is 2.79. The Bertz CT molecular complexity index is 819. The molecule has 2 aromatic rings. The summed E-state index contributed by atoms with van der Waals surface area (Å²) in [5, 5.41) is 6.97. The van der Waals surface area contributed by atoms with Gasteiger partial charge in [-0.2, -0.15) is 0 Å². The van der Waals surface area contributed by atoms with Crippen LogP contribution in [0.2, 0.25) is 0 Å². The van der Waals surface area contributed by atoms with Gasteiger partial charge in [-0.15, -0.1) is 0 Å². The fourth-order valence-corrected chi connectivity index (χ4v) is 3.72. The summed E-state index contributed by atoms with van der Waals surface area (Å²) in [5.41, 5.74) is 3.41. The minimum atomic E-state index is -0.392. The molecule has 0 radical (unpaired) electrons. The summed E-state index contributed by atoms with van der Waals surface area (Å²) in [6, 6.07) is 17.9. The number of amides is 1. The standard InChI is InChI=1S/C21H23N3O2/c1-15-14-19(23-26-15)22-21(25)20(17-9-3-2-4-10-17)24-13-7-11-16-8-5-6-12-18(16)24/h2-6,8-10,12,15,20H,7,11,13-14H2,1H3,(H,22,23,25). The number of carbonyl (C=O) groups is 1. The van der Waals surface area contributed by atoms with Crippen LogP contribution in [-0.4, -0.2) is 24.4 Å². The maximum absolute atomic E-state index is 13.2. The molecule has 4 rings (SSSR count). The Kier molecular flexibility index (Phi) is 4.61. The van der Waals surface area contributed by atoms with E-state index in [-0.39, 0.29) is 12.0 Å². The van der Waals surface area contributed by atoms with Crippen LogP contribution >= 0.6 is 0 Å². The average Bonchev–Trinajstić information content (AvgIpc) is 3.08. The van der Waals surface area contributed by atoms with Crippen LogP contribution in [0.3, 0.4) is 0 Å². The van der Waals surface area contributed by atoms with Crippen LogP contribution in [0.25, 0.3) is 0 Å². The lowest BCUT2D eigenvalue weighted by Crippen LogP contribution is -2.44. The van der Waals surface area contributed by atoms with E-state index < -0.39 is 6.04 Å². The fraction of sp³-hybridized carbons (Fsp3) is 0.333. The molecule has 0 bridgehead atoms. The smallest absolute Gasteiger partial charge is 0.252 e. The molecule has 5 nitrogen and oxygen atoms in total.